The largest absolute Gasteiger partial charge is 1.00 e. The predicted octanol–water partition coefficient (Wildman–Crippen LogP) is 1.53. The molecule has 2 heteroatoms. The topological polar surface area (TPSA) is 0 Å². The average Bonchev–Trinajstić information content (AvgIpc) is 3.03. The van der Waals surface area contributed by atoms with E-state index in [0.29, 0.717) is 0 Å². The molecule has 0 aromatic carbocycles. The van der Waals surface area contributed by atoms with E-state index in [4.69, 9.17) is 0 Å². The second kappa shape index (κ2) is 7.55. The van der Waals surface area contributed by atoms with Crippen LogP contribution in [-0.2, 0) is 25.8 Å². The van der Waals surface area contributed by atoms with Crippen molar-refractivity contribution in [1.29, 1.82) is 0 Å². The van der Waals surface area contributed by atoms with Crippen molar-refractivity contribution in [1.82, 2.24) is 0 Å². The van der Waals surface area contributed by atoms with E-state index in [9.17, 15) is 0 Å². The van der Waals surface area contributed by atoms with Crippen molar-refractivity contribution < 1.29 is 38.3 Å². The molecule has 18 heavy (non-hydrogen) atoms. The molecular weight excluding hydrogens is 406 g/mol. The van der Waals surface area contributed by atoms with Crippen LogP contribution in [0.1, 0.15) is 38.5 Å². The zero-order valence-corrected chi connectivity index (χ0v) is 15.0. The second-order valence-electron chi connectivity index (χ2n) is 5.02. The van der Waals surface area contributed by atoms with Gasteiger partial charge in [0.25, 0.3) is 0 Å². The third-order valence-electron chi connectivity index (χ3n) is 4.04. The van der Waals surface area contributed by atoms with E-state index in [1.54, 1.807) is 17.1 Å². The SMILES string of the molecule is C1=CCC([C-]2CCCCC2C2=CC=CC2)=C1.[Cl-].[Hf]. The molecule has 1 saturated carbocycles. The molecule has 0 radical (unpaired) electrons. The monoisotopic (exact) mass is 426 g/mol. The van der Waals surface area contributed by atoms with Crippen LogP contribution in [0, 0.1) is 11.8 Å². The van der Waals surface area contributed by atoms with Gasteiger partial charge in [-0.25, -0.2) is 17.6 Å². The Labute approximate surface area is 135 Å². The van der Waals surface area contributed by atoms with Crippen LogP contribution < -0.4 is 12.4 Å². The second-order valence-corrected chi connectivity index (χ2v) is 5.02. The summed E-state index contributed by atoms with van der Waals surface area (Å²) in [6.45, 7) is 0. The quantitative estimate of drug-likeness (QED) is 0.465. The van der Waals surface area contributed by atoms with Gasteiger partial charge in [-0.3, -0.25) is 0 Å². The maximum Gasteiger partial charge on any atom is 0 e. The van der Waals surface area contributed by atoms with Gasteiger partial charge in [0.1, 0.15) is 0 Å². The number of hydrogen-bond acceptors (Lipinski definition) is 0. The molecule has 1 atom stereocenters. The minimum atomic E-state index is 0. The van der Waals surface area contributed by atoms with Crippen LogP contribution >= 0.6 is 0 Å². The van der Waals surface area contributed by atoms with Crippen LogP contribution in [0.2, 0.25) is 0 Å². The van der Waals surface area contributed by atoms with Gasteiger partial charge < -0.3 is 12.4 Å². The Bertz CT molecular complexity index is 352. The first kappa shape index (κ1) is 16.0. The fraction of sp³-hybridized carbons (Fsp3) is 0.438. The van der Waals surface area contributed by atoms with Gasteiger partial charge in [0.15, 0.2) is 0 Å². The summed E-state index contributed by atoms with van der Waals surface area (Å²) in [4.78, 5) is 0. The third kappa shape index (κ3) is 3.30. The minimum Gasteiger partial charge on any atom is -1.00 e. The molecule has 0 aromatic heterocycles. The van der Waals surface area contributed by atoms with Crippen LogP contribution in [0.25, 0.3) is 0 Å². The Morgan fingerprint density at radius 2 is 1.78 bits per heavy atom. The molecule has 0 aliphatic heterocycles. The van der Waals surface area contributed by atoms with Gasteiger partial charge in [-0.05, 0) is 12.8 Å². The molecule has 0 spiro atoms. The number of hydrogen-bond donors (Lipinski definition) is 0. The van der Waals surface area contributed by atoms with Crippen molar-refractivity contribution in [3.63, 3.8) is 0 Å². The Morgan fingerprint density at radius 1 is 1.00 bits per heavy atom. The number of halogens is 1. The van der Waals surface area contributed by atoms with Crippen molar-refractivity contribution >= 4 is 0 Å². The first-order valence-corrected chi connectivity index (χ1v) is 6.52. The molecular formula is C16H19ClHf-2. The number of rotatable bonds is 2. The van der Waals surface area contributed by atoms with Gasteiger partial charge >= 0.3 is 0 Å². The Kier molecular flexibility index (Phi) is 6.73. The van der Waals surface area contributed by atoms with Crippen LogP contribution in [0.15, 0.2) is 47.6 Å². The van der Waals surface area contributed by atoms with Crippen LogP contribution in [0.4, 0.5) is 0 Å². The molecule has 1 fully saturated rings. The summed E-state index contributed by atoms with van der Waals surface area (Å²) in [6.07, 6.45) is 21.6. The van der Waals surface area contributed by atoms with E-state index in [1.807, 2.05) is 0 Å². The molecule has 0 aromatic rings. The van der Waals surface area contributed by atoms with Gasteiger partial charge in [0, 0.05) is 25.8 Å². The summed E-state index contributed by atoms with van der Waals surface area (Å²) in [5.41, 5.74) is 3.26. The molecule has 0 nitrogen and oxygen atoms in total. The van der Waals surface area contributed by atoms with Crippen LogP contribution in [0.5, 0.6) is 0 Å². The Morgan fingerprint density at radius 3 is 2.44 bits per heavy atom. The summed E-state index contributed by atoms with van der Waals surface area (Å²) in [7, 11) is 0. The molecule has 96 valence electrons. The molecule has 0 saturated heterocycles. The summed E-state index contributed by atoms with van der Waals surface area (Å²) >= 11 is 0. The van der Waals surface area contributed by atoms with E-state index in [0.717, 1.165) is 5.92 Å². The van der Waals surface area contributed by atoms with E-state index in [1.165, 1.54) is 38.5 Å². The van der Waals surface area contributed by atoms with Crippen LogP contribution in [-0.4, -0.2) is 0 Å². The normalized spacial score (nSPS) is 25.3. The predicted molar refractivity (Wildman–Crippen MR) is 68.9 cm³/mol. The van der Waals surface area contributed by atoms with E-state index < -0.39 is 0 Å². The number of allylic oxidation sites excluding steroid dienone is 8. The van der Waals surface area contributed by atoms with Gasteiger partial charge in [-0.15, -0.1) is 12.2 Å². The summed E-state index contributed by atoms with van der Waals surface area (Å²) in [5.74, 6) is 2.50. The first-order chi connectivity index (χ1) is 7.95. The van der Waals surface area contributed by atoms with Crippen LogP contribution in [0.3, 0.4) is 0 Å². The molecule has 0 heterocycles. The van der Waals surface area contributed by atoms with Crippen molar-refractivity contribution in [3.05, 3.63) is 53.5 Å². The zero-order chi connectivity index (χ0) is 10.8. The van der Waals surface area contributed by atoms with E-state index in [-0.39, 0.29) is 38.3 Å². The average molecular weight is 425 g/mol. The fourth-order valence-electron chi connectivity index (χ4n) is 3.21. The maximum atomic E-state index is 2.35. The van der Waals surface area contributed by atoms with Gasteiger partial charge in [-0.2, -0.15) is 0 Å². The van der Waals surface area contributed by atoms with Crippen molar-refractivity contribution in [3.8, 4) is 0 Å². The molecule has 1 unspecified atom stereocenters. The molecule has 3 aliphatic carbocycles. The van der Waals surface area contributed by atoms with Crippen molar-refractivity contribution in [2.45, 2.75) is 38.5 Å². The Hall–Kier alpha value is -0.00987. The Balaban J connectivity index is 0.000000810. The van der Waals surface area contributed by atoms with E-state index in [2.05, 4.69) is 36.5 Å². The van der Waals surface area contributed by atoms with Gasteiger partial charge in [0.05, 0.1) is 0 Å². The molecule has 0 N–H and O–H groups in total. The molecule has 0 amide bonds. The smallest absolute Gasteiger partial charge is 0 e. The molecule has 3 aliphatic rings. The summed E-state index contributed by atoms with van der Waals surface area (Å²) in [6, 6.07) is 0. The first-order valence-electron chi connectivity index (χ1n) is 6.52. The van der Waals surface area contributed by atoms with E-state index >= 15 is 0 Å². The molecule has 3 rings (SSSR count). The maximum absolute atomic E-state index is 2.35. The summed E-state index contributed by atoms with van der Waals surface area (Å²) < 4.78 is 0. The standard InChI is InChI=1S/C16H19.ClH.Hf/c1-2-8-13(7-1)15-11-5-6-12-16(15)14-9-3-4-10-14;;/h1-4,7,9,15H,5-6,8,10-12H2;1H;/q-1;;/p-1. The van der Waals surface area contributed by atoms with Gasteiger partial charge in [0.2, 0.25) is 0 Å². The van der Waals surface area contributed by atoms with Crippen molar-refractivity contribution in [2.24, 2.45) is 5.92 Å². The fourth-order valence-corrected chi connectivity index (χ4v) is 3.21. The zero-order valence-electron chi connectivity index (χ0n) is 10.7. The van der Waals surface area contributed by atoms with Crippen molar-refractivity contribution in [2.75, 3.05) is 0 Å². The summed E-state index contributed by atoms with van der Waals surface area (Å²) in [5, 5.41) is 0. The third-order valence-corrected chi connectivity index (χ3v) is 4.04. The van der Waals surface area contributed by atoms with Gasteiger partial charge in [-0.1, -0.05) is 55.4 Å². The molecule has 0 bridgehead atoms. The minimum absolute atomic E-state index is 0.